The fourth-order valence-corrected chi connectivity index (χ4v) is 5.44. The largest absolute Gasteiger partial charge is 0.352 e. The van der Waals surface area contributed by atoms with Gasteiger partial charge in [-0.25, -0.2) is 13.2 Å². The van der Waals surface area contributed by atoms with E-state index in [1.54, 1.807) is 66.7 Å². The van der Waals surface area contributed by atoms with Crippen LogP contribution in [0.4, 0.5) is 16.2 Å². The highest BCUT2D eigenvalue weighted by Crippen LogP contribution is 2.23. The standard InChI is InChI=1S/C26H28N4O4S/c31-25(21-11-13-23(14-12-21)29-26(32)28-22-7-3-1-4-8-22)27-19-20-15-17-30(18-16-20)35(33,34)24-9-5-2-6-10-24/h1-14,20H,15-19H2,(H,27,31)(H2,28,29,32). The maximum atomic E-state index is 12.8. The van der Waals surface area contributed by atoms with Gasteiger partial charge in [-0.05, 0) is 67.3 Å². The topological polar surface area (TPSA) is 108 Å². The molecule has 0 aromatic heterocycles. The van der Waals surface area contributed by atoms with Crippen LogP contribution in [0.3, 0.4) is 0 Å². The molecule has 0 spiro atoms. The third kappa shape index (κ3) is 6.46. The number of benzene rings is 3. The Labute approximate surface area is 205 Å². The normalized spacial score (nSPS) is 14.7. The monoisotopic (exact) mass is 492 g/mol. The van der Waals surface area contributed by atoms with E-state index in [1.165, 1.54) is 4.31 Å². The number of amides is 3. The number of urea groups is 1. The Kier molecular flexibility index (Phi) is 7.79. The van der Waals surface area contributed by atoms with Crippen LogP contribution in [0.2, 0.25) is 0 Å². The summed E-state index contributed by atoms with van der Waals surface area (Å²) < 4.78 is 27.0. The van der Waals surface area contributed by atoms with Crippen molar-refractivity contribution in [2.45, 2.75) is 17.7 Å². The maximum Gasteiger partial charge on any atom is 0.323 e. The lowest BCUT2D eigenvalue weighted by molar-refractivity contribution is 0.0941. The van der Waals surface area contributed by atoms with Crippen LogP contribution < -0.4 is 16.0 Å². The Morgan fingerprint density at radius 3 is 1.91 bits per heavy atom. The Balaban J connectivity index is 1.22. The van der Waals surface area contributed by atoms with E-state index in [4.69, 9.17) is 0 Å². The van der Waals surface area contributed by atoms with E-state index in [2.05, 4.69) is 16.0 Å². The van der Waals surface area contributed by atoms with Crippen molar-refractivity contribution in [1.29, 1.82) is 0 Å². The molecule has 1 saturated heterocycles. The van der Waals surface area contributed by atoms with Crippen molar-refractivity contribution < 1.29 is 18.0 Å². The van der Waals surface area contributed by atoms with Crippen molar-refractivity contribution in [2.24, 2.45) is 5.92 Å². The van der Waals surface area contributed by atoms with Crippen LogP contribution in [0.25, 0.3) is 0 Å². The second-order valence-electron chi connectivity index (χ2n) is 8.39. The lowest BCUT2D eigenvalue weighted by Crippen LogP contribution is -2.41. The fourth-order valence-electron chi connectivity index (χ4n) is 3.95. The Morgan fingerprint density at radius 1 is 0.771 bits per heavy atom. The highest BCUT2D eigenvalue weighted by atomic mass is 32.2. The summed E-state index contributed by atoms with van der Waals surface area (Å²) in [4.78, 5) is 25.0. The molecule has 0 atom stereocenters. The molecule has 8 nitrogen and oxygen atoms in total. The molecule has 3 aromatic carbocycles. The van der Waals surface area contributed by atoms with Gasteiger partial charge in [-0.3, -0.25) is 4.79 Å². The van der Waals surface area contributed by atoms with Crippen LogP contribution in [-0.2, 0) is 10.0 Å². The molecule has 35 heavy (non-hydrogen) atoms. The van der Waals surface area contributed by atoms with Crippen molar-refractivity contribution in [2.75, 3.05) is 30.3 Å². The number of anilines is 2. The van der Waals surface area contributed by atoms with Crippen LogP contribution in [-0.4, -0.2) is 44.3 Å². The van der Waals surface area contributed by atoms with Crippen LogP contribution in [0.1, 0.15) is 23.2 Å². The van der Waals surface area contributed by atoms with Crippen molar-refractivity contribution >= 4 is 33.3 Å². The zero-order valence-electron chi connectivity index (χ0n) is 19.2. The molecular weight excluding hydrogens is 464 g/mol. The molecule has 1 fully saturated rings. The number of piperidine rings is 1. The number of hydrogen-bond acceptors (Lipinski definition) is 4. The first-order valence-electron chi connectivity index (χ1n) is 11.5. The molecule has 0 unspecified atom stereocenters. The molecule has 1 aliphatic heterocycles. The lowest BCUT2D eigenvalue weighted by Gasteiger charge is -2.31. The average Bonchev–Trinajstić information content (AvgIpc) is 2.89. The predicted molar refractivity (Wildman–Crippen MR) is 136 cm³/mol. The minimum absolute atomic E-state index is 0.204. The zero-order chi connectivity index (χ0) is 24.7. The number of nitrogens with one attached hydrogen (secondary N) is 3. The molecule has 3 N–H and O–H groups in total. The first-order chi connectivity index (χ1) is 16.9. The van der Waals surface area contributed by atoms with Gasteiger partial charge in [0.05, 0.1) is 4.90 Å². The van der Waals surface area contributed by atoms with Crippen LogP contribution in [0.15, 0.2) is 89.8 Å². The lowest BCUT2D eigenvalue weighted by atomic mass is 9.98. The number of sulfonamides is 1. The summed E-state index contributed by atoms with van der Waals surface area (Å²) in [6.07, 6.45) is 1.37. The number of nitrogens with zero attached hydrogens (tertiary/aromatic N) is 1. The molecule has 1 heterocycles. The van der Waals surface area contributed by atoms with E-state index < -0.39 is 10.0 Å². The molecule has 0 bridgehead atoms. The second kappa shape index (κ2) is 11.2. The van der Waals surface area contributed by atoms with Gasteiger partial charge in [-0.2, -0.15) is 4.31 Å². The van der Waals surface area contributed by atoms with Gasteiger partial charge in [0, 0.05) is 36.6 Å². The predicted octanol–water partition coefficient (Wildman–Crippen LogP) is 4.16. The number of carbonyl (C=O) groups excluding carboxylic acids is 2. The van der Waals surface area contributed by atoms with Crippen LogP contribution in [0, 0.1) is 5.92 Å². The minimum atomic E-state index is -3.48. The fraction of sp³-hybridized carbons (Fsp3) is 0.231. The van der Waals surface area contributed by atoms with Crippen molar-refractivity contribution in [1.82, 2.24) is 9.62 Å². The average molecular weight is 493 g/mol. The number of rotatable bonds is 7. The smallest absolute Gasteiger partial charge is 0.323 e. The summed E-state index contributed by atoms with van der Waals surface area (Å²) in [5, 5.41) is 8.41. The van der Waals surface area contributed by atoms with Gasteiger partial charge >= 0.3 is 6.03 Å². The summed E-state index contributed by atoms with van der Waals surface area (Å²) in [7, 11) is -3.48. The van der Waals surface area contributed by atoms with E-state index >= 15 is 0 Å². The quantitative estimate of drug-likeness (QED) is 0.460. The van der Waals surface area contributed by atoms with E-state index in [0.717, 1.165) is 0 Å². The van der Waals surface area contributed by atoms with Gasteiger partial charge in [-0.1, -0.05) is 36.4 Å². The van der Waals surface area contributed by atoms with E-state index in [-0.39, 0.29) is 17.9 Å². The number of carbonyl (C=O) groups is 2. The highest BCUT2D eigenvalue weighted by Gasteiger charge is 2.29. The molecule has 0 saturated carbocycles. The van der Waals surface area contributed by atoms with Crippen LogP contribution >= 0.6 is 0 Å². The Hall–Kier alpha value is -3.69. The Morgan fingerprint density at radius 2 is 1.31 bits per heavy atom. The molecule has 1 aliphatic rings. The van der Waals surface area contributed by atoms with E-state index in [9.17, 15) is 18.0 Å². The van der Waals surface area contributed by atoms with Crippen LogP contribution in [0.5, 0.6) is 0 Å². The summed E-state index contributed by atoms with van der Waals surface area (Å²) in [5.41, 5.74) is 1.74. The first kappa shape index (κ1) is 24.4. The van der Waals surface area contributed by atoms with Crippen molar-refractivity contribution in [3.05, 3.63) is 90.5 Å². The number of hydrogen-bond donors (Lipinski definition) is 3. The third-order valence-corrected chi connectivity index (χ3v) is 7.86. The summed E-state index contributed by atoms with van der Waals surface area (Å²) >= 11 is 0. The summed E-state index contributed by atoms with van der Waals surface area (Å²) in [5.74, 6) is 0.00780. The van der Waals surface area contributed by atoms with Gasteiger partial charge in [-0.15, -0.1) is 0 Å². The SMILES string of the molecule is O=C(Nc1ccccc1)Nc1ccc(C(=O)NCC2CCN(S(=O)(=O)c3ccccc3)CC2)cc1. The van der Waals surface area contributed by atoms with E-state index in [1.807, 2.05) is 18.2 Å². The Bertz CT molecular complexity index is 1240. The summed E-state index contributed by atoms with van der Waals surface area (Å²) in [6, 6.07) is 23.9. The summed E-state index contributed by atoms with van der Waals surface area (Å²) in [6.45, 7) is 1.35. The maximum absolute atomic E-state index is 12.8. The zero-order valence-corrected chi connectivity index (χ0v) is 20.0. The van der Waals surface area contributed by atoms with Gasteiger partial charge in [0.25, 0.3) is 5.91 Å². The molecule has 9 heteroatoms. The molecule has 0 radical (unpaired) electrons. The van der Waals surface area contributed by atoms with Gasteiger partial charge in [0.1, 0.15) is 0 Å². The molecule has 4 rings (SSSR count). The van der Waals surface area contributed by atoms with Gasteiger partial charge in [0.15, 0.2) is 0 Å². The molecule has 3 aromatic rings. The van der Waals surface area contributed by atoms with E-state index in [0.29, 0.717) is 54.3 Å². The number of para-hydroxylation sites is 1. The second-order valence-corrected chi connectivity index (χ2v) is 10.3. The first-order valence-corrected chi connectivity index (χ1v) is 12.9. The minimum Gasteiger partial charge on any atom is -0.352 e. The molecular formula is C26H28N4O4S. The molecule has 3 amide bonds. The molecule has 0 aliphatic carbocycles. The van der Waals surface area contributed by atoms with Gasteiger partial charge in [0.2, 0.25) is 10.0 Å². The third-order valence-electron chi connectivity index (χ3n) is 5.94. The van der Waals surface area contributed by atoms with Gasteiger partial charge < -0.3 is 16.0 Å². The van der Waals surface area contributed by atoms with Crippen molar-refractivity contribution in [3.8, 4) is 0 Å². The highest BCUT2D eigenvalue weighted by molar-refractivity contribution is 7.89. The molecule has 182 valence electrons. The van der Waals surface area contributed by atoms with Crippen molar-refractivity contribution in [3.63, 3.8) is 0 Å².